The first kappa shape index (κ1) is 36.9. The van der Waals surface area contributed by atoms with Crippen LogP contribution in [0.4, 0.5) is 0 Å². The van der Waals surface area contributed by atoms with Crippen LogP contribution >= 0.6 is 31.9 Å². The first-order valence-corrected chi connectivity index (χ1v) is 19.5. The molecule has 1 atom stereocenters. The van der Waals surface area contributed by atoms with Gasteiger partial charge in [-0.25, -0.2) is 0 Å². The lowest BCUT2D eigenvalue weighted by molar-refractivity contribution is 0.172. The zero-order valence-electron chi connectivity index (χ0n) is 26.0. The van der Waals surface area contributed by atoms with Gasteiger partial charge in [-0.05, 0) is 96.6 Å². The molecule has 1 rings (SSSR count). The molecule has 4 heteroatoms. The summed E-state index contributed by atoms with van der Waals surface area (Å²) in [5, 5.41) is 2.36. The summed E-state index contributed by atoms with van der Waals surface area (Å²) in [7, 11) is 2.36. The van der Waals surface area contributed by atoms with Crippen molar-refractivity contribution in [1.29, 1.82) is 0 Å². The van der Waals surface area contributed by atoms with E-state index < -0.39 is 0 Å². The van der Waals surface area contributed by atoms with E-state index in [1.165, 1.54) is 191 Å². The molecule has 0 spiro atoms. The fourth-order valence-electron chi connectivity index (χ4n) is 6.29. The molecule has 0 radical (unpaired) electrons. The van der Waals surface area contributed by atoms with E-state index >= 15 is 0 Å². The Hall–Kier alpha value is 0.880. The molecule has 0 amide bonds. The van der Waals surface area contributed by atoms with Crippen molar-refractivity contribution >= 4 is 31.9 Å². The van der Waals surface area contributed by atoms with Gasteiger partial charge in [0.25, 0.3) is 0 Å². The van der Waals surface area contributed by atoms with E-state index in [9.17, 15) is 0 Å². The molecule has 1 aliphatic rings. The third-order valence-corrected chi connectivity index (χ3v) is 10.3. The van der Waals surface area contributed by atoms with E-state index in [1.54, 1.807) is 0 Å². The van der Waals surface area contributed by atoms with Crippen molar-refractivity contribution in [1.82, 2.24) is 9.80 Å². The van der Waals surface area contributed by atoms with Gasteiger partial charge in [-0.15, -0.1) is 0 Å². The molecule has 228 valence electrons. The maximum atomic E-state index is 3.53. The van der Waals surface area contributed by atoms with Crippen molar-refractivity contribution in [2.24, 2.45) is 11.8 Å². The molecule has 1 heterocycles. The summed E-state index contributed by atoms with van der Waals surface area (Å²) in [6, 6.07) is 0. The van der Waals surface area contributed by atoms with Crippen LogP contribution in [0.15, 0.2) is 0 Å². The zero-order chi connectivity index (χ0) is 27.5. The SMILES string of the molecule is CCC(CCCC1CCN(CCCCCCCCCCBr)CC1)CCN(C)CCCCCCCCCCBr. The van der Waals surface area contributed by atoms with Crippen LogP contribution in [0.3, 0.4) is 0 Å². The van der Waals surface area contributed by atoms with Gasteiger partial charge in [0.2, 0.25) is 0 Å². The monoisotopic (exact) mass is 662 g/mol. The molecule has 2 nitrogen and oxygen atoms in total. The number of nitrogens with zero attached hydrogens (tertiary/aromatic N) is 2. The Bertz CT molecular complexity index is 467. The number of unbranched alkanes of at least 4 members (excludes halogenated alkanes) is 14. The molecule has 0 N–H and O–H groups in total. The smallest absolute Gasteiger partial charge is 0.00313 e. The van der Waals surface area contributed by atoms with Gasteiger partial charge in [0.05, 0.1) is 0 Å². The molecule has 1 saturated heterocycles. The maximum absolute atomic E-state index is 3.53. The van der Waals surface area contributed by atoms with E-state index in [-0.39, 0.29) is 0 Å². The lowest BCUT2D eigenvalue weighted by Gasteiger charge is -2.32. The summed E-state index contributed by atoms with van der Waals surface area (Å²) < 4.78 is 0. The first-order chi connectivity index (χ1) is 18.7. The highest BCUT2D eigenvalue weighted by molar-refractivity contribution is 9.09. The van der Waals surface area contributed by atoms with E-state index in [0.717, 1.165) is 11.8 Å². The van der Waals surface area contributed by atoms with Crippen molar-refractivity contribution in [2.45, 2.75) is 155 Å². The van der Waals surface area contributed by atoms with Crippen LogP contribution in [-0.2, 0) is 0 Å². The number of alkyl halides is 2. The average molecular weight is 665 g/mol. The molecule has 0 aliphatic carbocycles. The molecule has 0 aromatic rings. The molecule has 1 aliphatic heterocycles. The molecular formula is C34H68Br2N2. The molecule has 0 bridgehead atoms. The van der Waals surface area contributed by atoms with Crippen LogP contribution in [0.25, 0.3) is 0 Å². The fraction of sp³-hybridized carbons (Fsp3) is 1.00. The van der Waals surface area contributed by atoms with Crippen LogP contribution in [0.1, 0.15) is 155 Å². The second-order valence-electron chi connectivity index (χ2n) is 12.6. The van der Waals surface area contributed by atoms with Crippen LogP contribution in [0.5, 0.6) is 0 Å². The second kappa shape index (κ2) is 28.0. The molecule has 1 fully saturated rings. The van der Waals surface area contributed by atoms with Crippen molar-refractivity contribution in [3.05, 3.63) is 0 Å². The number of likely N-dealkylation sites (tertiary alicyclic amines) is 1. The molecule has 0 aromatic carbocycles. The van der Waals surface area contributed by atoms with Gasteiger partial charge < -0.3 is 9.80 Å². The summed E-state index contributed by atoms with van der Waals surface area (Å²) in [6.45, 7) is 9.13. The number of hydrogen-bond donors (Lipinski definition) is 0. The Morgan fingerprint density at radius 2 is 1.13 bits per heavy atom. The van der Waals surface area contributed by atoms with E-state index in [1.807, 2.05) is 0 Å². The first-order valence-electron chi connectivity index (χ1n) is 17.2. The van der Waals surface area contributed by atoms with Crippen molar-refractivity contribution < 1.29 is 0 Å². The number of hydrogen-bond acceptors (Lipinski definition) is 2. The second-order valence-corrected chi connectivity index (χ2v) is 14.2. The van der Waals surface area contributed by atoms with Crippen LogP contribution in [0.2, 0.25) is 0 Å². The molecule has 1 unspecified atom stereocenters. The third-order valence-electron chi connectivity index (χ3n) is 9.21. The van der Waals surface area contributed by atoms with Gasteiger partial charge >= 0.3 is 0 Å². The summed E-state index contributed by atoms with van der Waals surface area (Å²) in [4.78, 5) is 5.38. The lowest BCUT2D eigenvalue weighted by Crippen LogP contribution is -2.34. The van der Waals surface area contributed by atoms with Crippen molar-refractivity contribution in [3.8, 4) is 0 Å². The topological polar surface area (TPSA) is 6.48 Å². The summed E-state index contributed by atoms with van der Waals surface area (Å²) >= 11 is 7.07. The zero-order valence-corrected chi connectivity index (χ0v) is 29.2. The summed E-state index contributed by atoms with van der Waals surface area (Å²) in [6.07, 6.45) is 32.9. The quantitative estimate of drug-likeness (QED) is 0.0607. The van der Waals surface area contributed by atoms with Gasteiger partial charge in [-0.2, -0.15) is 0 Å². The fourth-order valence-corrected chi connectivity index (χ4v) is 7.08. The average Bonchev–Trinajstić information content (AvgIpc) is 2.93. The van der Waals surface area contributed by atoms with E-state index in [4.69, 9.17) is 0 Å². The predicted octanol–water partition coefficient (Wildman–Crippen LogP) is 11.2. The number of halogens is 2. The van der Waals surface area contributed by atoms with Gasteiger partial charge in [0.1, 0.15) is 0 Å². The molecule has 38 heavy (non-hydrogen) atoms. The maximum Gasteiger partial charge on any atom is 0.00313 e. The van der Waals surface area contributed by atoms with E-state index in [0.29, 0.717) is 0 Å². The highest BCUT2D eigenvalue weighted by Gasteiger charge is 2.19. The van der Waals surface area contributed by atoms with Crippen LogP contribution in [-0.4, -0.2) is 60.2 Å². The Kier molecular flexibility index (Phi) is 27.2. The minimum absolute atomic E-state index is 0.946. The van der Waals surface area contributed by atoms with Gasteiger partial charge in [0, 0.05) is 10.7 Å². The molecule has 0 saturated carbocycles. The minimum Gasteiger partial charge on any atom is -0.306 e. The van der Waals surface area contributed by atoms with Crippen LogP contribution < -0.4 is 0 Å². The minimum atomic E-state index is 0.946. The molecular weight excluding hydrogens is 596 g/mol. The number of piperidine rings is 1. The molecule has 0 aromatic heterocycles. The third kappa shape index (κ3) is 22.6. The normalized spacial score (nSPS) is 16.0. The lowest BCUT2D eigenvalue weighted by atomic mass is 9.88. The van der Waals surface area contributed by atoms with E-state index in [2.05, 4.69) is 55.6 Å². The van der Waals surface area contributed by atoms with Crippen molar-refractivity contribution in [3.63, 3.8) is 0 Å². The largest absolute Gasteiger partial charge is 0.306 e. The summed E-state index contributed by atoms with van der Waals surface area (Å²) in [5.74, 6) is 1.96. The Labute approximate surface area is 257 Å². The summed E-state index contributed by atoms with van der Waals surface area (Å²) in [5.41, 5.74) is 0. The van der Waals surface area contributed by atoms with Crippen LogP contribution in [0, 0.1) is 11.8 Å². The Morgan fingerprint density at radius 1 is 0.632 bits per heavy atom. The van der Waals surface area contributed by atoms with Gasteiger partial charge in [-0.1, -0.05) is 142 Å². The predicted molar refractivity (Wildman–Crippen MR) is 180 cm³/mol. The Morgan fingerprint density at radius 3 is 1.66 bits per heavy atom. The van der Waals surface area contributed by atoms with Crippen molar-refractivity contribution in [2.75, 3.05) is 50.4 Å². The highest BCUT2D eigenvalue weighted by Crippen LogP contribution is 2.26. The Balaban J connectivity index is 1.94. The van der Waals surface area contributed by atoms with Gasteiger partial charge in [-0.3, -0.25) is 0 Å². The standard InChI is InChI=1S/C34H68Br2N2/c1-3-33(23-30-37(2)28-18-14-10-6-4-8-12-16-26-35)21-20-22-34-24-31-38(32-25-34)29-19-15-11-7-5-9-13-17-27-36/h33-34H,3-32H2,1-2H3. The van der Waals surface area contributed by atoms with Gasteiger partial charge in [0.15, 0.2) is 0 Å². The number of rotatable bonds is 28. The highest BCUT2D eigenvalue weighted by atomic mass is 79.9.